The van der Waals surface area contributed by atoms with Gasteiger partial charge in [-0.1, -0.05) is 11.6 Å². The minimum absolute atomic E-state index is 0.00664. The molecule has 0 aliphatic carbocycles. The first-order valence-electron chi connectivity index (χ1n) is 8.63. The molecule has 1 aliphatic rings. The van der Waals surface area contributed by atoms with Gasteiger partial charge in [-0.05, 0) is 29.8 Å². The fraction of sp³-hybridized carbons (Fsp3) is 0.350. The van der Waals surface area contributed by atoms with Crippen LogP contribution in [-0.4, -0.2) is 40.5 Å². The van der Waals surface area contributed by atoms with Crippen LogP contribution in [0.15, 0.2) is 24.3 Å². The topological polar surface area (TPSA) is 72.5 Å². The average Bonchev–Trinajstić information content (AvgIpc) is 2.96. The molecule has 0 unspecified atom stereocenters. The van der Waals surface area contributed by atoms with Crippen LogP contribution < -0.4 is 23.7 Å². The smallest absolute Gasteiger partial charge is 0.342 e. The monoisotopic (exact) mass is 408 g/mol. The van der Waals surface area contributed by atoms with Gasteiger partial charge in [-0.25, -0.2) is 4.79 Å². The van der Waals surface area contributed by atoms with Crippen molar-refractivity contribution in [1.82, 2.24) is 0 Å². The van der Waals surface area contributed by atoms with Gasteiger partial charge in [-0.3, -0.25) is 0 Å². The number of benzene rings is 2. The summed E-state index contributed by atoms with van der Waals surface area (Å²) in [6.07, 6.45) is 0.772. The Labute approximate surface area is 168 Å². The van der Waals surface area contributed by atoms with Crippen molar-refractivity contribution >= 4 is 17.6 Å². The van der Waals surface area contributed by atoms with Crippen LogP contribution in [0.3, 0.4) is 0 Å². The summed E-state index contributed by atoms with van der Waals surface area (Å²) in [5.74, 6) is 1.49. The summed E-state index contributed by atoms with van der Waals surface area (Å²) in [6.45, 7) is 1.09. The zero-order valence-corrected chi connectivity index (χ0v) is 16.6. The van der Waals surface area contributed by atoms with Gasteiger partial charge in [0.15, 0.2) is 23.0 Å². The van der Waals surface area contributed by atoms with Crippen LogP contribution in [0.4, 0.5) is 0 Å². The van der Waals surface area contributed by atoms with Crippen LogP contribution in [0.1, 0.15) is 22.3 Å². The number of esters is 1. The molecule has 0 saturated heterocycles. The molecule has 8 heteroatoms. The normalized spacial score (nSPS) is 12.7. The van der Waals surface area contributed by atoms with E-state index in [2.05, 4.69) is 0 Å². The lowest BCUT2D eigenvalue weighted by molar-refractivity contribution is 0.0468. The Hall–Kier alpha value is -2.80. The number of fused-ring (bicyclic) bond motifs is 1. The van der Waals surface area contributed by atoms with Gasteiger partial charge in [-0.15, -0.1) is 0 Å². The number of ether oxygens (including phenoxy) is 6. The fourth-order valence-electron chi connectivity index (χ4n) is 2.86. The lowest BCUT2D eigenvalue weighted by atomic mass is 10.1. The number of hydrogen-bond acceptors (Lipinski definition) is 7. The van der Waals surface area contributed by atoms with E-state index in [1.807, 2.05) is 0 Å². The molecule has 0 saturated carbocycles. The molecule has 0 N–H and O–H groups in total. The van der Waals surface area contributed by atoms with Crippen molar-refractivity contribution in [2.45, 2.75) is 13.0 Å². The van der Waals surface area contributed by atoms with Gasteiger partial charge in [0.25, 0.3) is 0 Å². The van der Waals surface area contributed by atoms with E-state index in [0.717, 1.165) is 6.42 Å². The number of halogens is 1. The van der Waals surface area contributed by atoms with Gasteiger partial charge >= 0.3 is 5.97 Å². The maximum atomic E-state index is 12.6. The highest BCUT2D eigenvalue weighted by molar-refractivity contribution is 6.32. The standard InChI is InChI=1S/C20H21ClO7/c1-23-15-6-5-13(17(24-2)19(15)25-3)20(22)28-11-12-9-14(21)18-16(10-12)26-7-4-8-27-18/h5-6,9-10H,4,7-8,11H2,1-3H3. The molecule has 2 aromatic carbocycles. The molecule has 28 heavy (non-hydrogen) atoms. The molecule has 1 heterocycles. The summed E-state index contributed by atoms with van der Waals surface area (Å²) < 4.78 is 32.5. The molecular formula is C20H21ClO7. The third-order valence-corrected chi connectivity index (χ3v) is 4.44. The van der Waals surface area contributed by atoms with Gasteiger partial charge in [-0.2, -0.15) is 0 Å². The van der Waals surface area contributed by atoms with Crippen molar-refractivity contribution in [3.63, 3.8) is 0 Å². The van der Waals surface area contributed by atoms with E-state index in [9.17, 15) is 4.79 Å². The molecular weight excluding hydrogens is 388 g/mol. The molecule has 1 aliphatic heterocycles. The first-order valence-corrected chi connectivity index (χ1v) is 9.01. The second-order valence-corrected chi connectivity index (χ2v) is 6.32. The van der Waals surface area contributed by atoms with Crippen LogP contribution >= 0.6 is 11.6 Å². The summed E-state index contributed by atoms with van der Waals surface area (Å²) in [6, 6.07) is 6.62. The minimum atomic E-state index is -0.568. The number of carbonyl (C=O) groups is 1. The Morgan fingerprint density at radius 2 is 1.79 bits per heavy atom. The largest absolute Gasteiger partial charge is 0.493 e. The second kappa shape index (κ2) is 8.93. The quantitative estimate of drug-likeness (QED) is 0.671. The van der Waals surface area contributed by atoms with E-state index < -0.39 is 5.97 Å². The number of carbonyl (C=O) groups excluding carboxylic acids is 1. The molecule has 3 rings (SSSR count). The average molecular weight is 409 g/mol. The second-order valence-electron chi connectivity index (χ2n) is 5.91. The van der Waals surface area contributed by atoms with Crippen molar-refractivity contribution in [2.75, 3.05) is 34.5 Å². The molecule has 0 atom stereocenters. The van der Waals surface area contributed by atoms with Crippen LogP contribution in [0.5, 0.6) is 28.7 Å². The summed E-state index contributed by atoms with van der Waals surface area (Å²) in [5, 5.41) is 0.411. The molecule has 0 bridgehead atoms. The van der Waals surface area contributed by atoms with Crippen molar-refractivity contribution in [3.8, 4) is 28.7 Å². The third-order valence-electron chi connectivity index (χ3n) is 4.16. The van der Waals surface area contributed by atoms with Crippen molar-refractivity contribution in [3.05, 3.63) is 40.4 Å². The van der Waals surface area contributed by atoms with Crippen LogP contribution in [0, 0.1) is 0 Å². The van der Waals surface area contributed by atoms with E-state index in [-0.39, 0.29) is 17.9 Å². The van der Waals surface area contributed by atoms with Crippen LogP contribution in [0.25, 0.3) is 0 Å². The zero-order valence-electron chi connectivity index (χ0n) is 15.9. The minimum Gasteiger partial charge on any atom is -0.493 e. The Morgan fingerprint density at radius 3 is 2.50 bits per heavy atom. The van der Waals surface area contributed by atoms with E-state index >= 15 is 0 Å². The SMILES string of the molecule is COc1ccc(C(=O)OCc2cc(Cl)c3c(c2)OCCCO3)c(OC)c1OC. The van der Waals surface area contributed by atoms with Gasteiger partial charge in [0.2, 0.25) is 5.75 Å². The van der Waals surface area contributed by atoms with Gasteiger partial charge < -0.3 is 28.4 Å². The molecule has 0 fully saturated rings. The summed E-state index contributed by atoms with van der Waals surface area (Å²) >= 11 is 6.28. The summed E-state index contributed by atoms with van der Waals surface area (Å²) in [7, 11) is 4.41. The Morgan fingerprint density at radius 1 is 1.04 bits per heavy atom. The van der Waals surface area contributed by atoms with Crippen molar-refractivity contribution in [2.24, 2.45) is 0 Å². The first-order chi connectivity index (χ1) is 13.6. The number of rotatable bonds is 6. The lowest BCUT2D eigenvalue weighted by Crippen LogP contribution is -2.09. The van der Waals surface area contributed by atoms with E-state index in [0.29, 0.717) is 46.8 Å². The van der Waals surface area contributed by atoms with Crippen molar-refractivity contribution < 1.29 is 33.2 Å². The first kappa shape index (κ1) is 19.9. The zero-order chi connectivity index (χ0) is 20.1. The Kier molecular flexibility index (Phi) is 6.36. The predicted octanol–water partition coefficient (Wildman–Crippen LogP) is 3.88. The summed E-state index contributed by atoms with van der Waals surface area (Å²) in [5.41, 5.74) is 0.905. The maximum absolute atomic E-state index is 12.6. The number of methoxy groups -OCH3 is 3. The molecule has 7 nitrogen and oxygen atoms in total. The lowest BCUT2D eigenvalue weighted by Gasteiger charge is -2.15. The van der Waals surface area contributed by atoms with E-state index in [1.165, 1.54) is 21.3 Å². The third kappa shape index (κ3) is 4.04. The van der Waals surface area contributed by atoms with Gasteiger partial charge in [0.05, 0.1) is 39.6 Å². The highest BCUT2D eigenvalue weighted by Gasteiger charge is 2.22. The highest BCUT2D eigenvalue weighted by atomic mass is 35.5. The Bertz CT molecular complexity index is 866. The maximum Gasteiger partial charge on any atom is 0.342 e. The predicted molar refractivity (Wildman–Crippen MR) is 102 cm³/mol. The summed E-state index contributed by atoms with van der Waals surface area (Å²) in [4.78, 5) is 12.6. The van der Waals surface area contributed by atoms with Gasteiger partial charge in [0.1, 0.15) is 12.2 Å². The van der Waals surface area contributed by atoms with E-state index in [4.69, 9.17) is 40.0 Å². The molecule has 0 aromatic heterocycles. The van der Waals surface area contributed by atoms with E-state index in [1.54, 1.807) is 24.3 Å². The van der Waals surface area contributed by atoms with Crippen LogP contribution in [-0.2, 0) is 11.3 Å². The highest BCUT2D eigenvalue weighted by Crippen LogP contribution is 2.41. The van der Waals surface area contributed by atoms with Gasteiger partial charge in [0, 0.05) is 6.42 Å². The molecule has 0 spiro atoms. The molecule has 150 valence electrons. The molecule has 0 amide bonds. The molecule has 0 radical (unpaired) electrons. The Balaban J connectivity index is 1.79. The molecule has 2 aromatic rings. The van der Waals surface area contributed by atoms with Crippen molar-refractivity contribution in [1.29, 1.82) is 0 Å². The fourth-order valence-corrected chi connectivity index (χ4v) is 3.14. The van der Waals surface area contributed by atoms with Crippen LogP contribution in [0.2, 0.25) is 5.02 Å². The number of hydrogen-bond donors (Lipinski definition) is 0.